The normalized spacial score (nSPS) is 14.1. The number of hydrogen-bond donors (Lipinski definition) is 2. The molecule has 1 aliphatic carbocycles. The number of carbonyl (C=O) groups is 1. The summed E-state index contributed by atoms with van der Waals surface area (Å²) in [7, 11) is 1.58. The van der Waals surface area contributed by atoms with Crippen LogP contribution < -0.4 is 15.8 Å². The summed E-state index contributed by atoms with van der Waals surface area (Å²) in [6, 6.07) is 9.45. The van der Waals surface area contributed by atoms with Crippen LogP contribution in [0.3, 0.4) is 0 Å². The molecule has 1 aromatic heterocycles. The zero-order valence-corrected chi connectivity index (χ0v) is 11.3. The van der Waals surface area contributed by atoms with Gasteiger partial charge in [-0.25, -0.2) is 0 Å². The molecule has 1 saturated carbocycles. The molecule has 2 aromatic rings. The van der Waals surface area contributed by atoms with E-state index in [4.69, 9.17) is 10.5 Å². The molecule has 1 heterocycles. The van der Waals surface area contributed by atoms with E-state index in [0.717, 1.165) is 12.8 Å². The van der Waals surface area contributed by atoms with Gasteiger partial charge in [0.2, 0.25) is 0 Å². The summed E-state index contributed by atoms with van der Waals surface area (Å²) in [4.78, 5) is 12.4. The summed E-state index contributed by atoms with van der Waals surface area (Å²) in [6.45, 7) is 0. The average molecular weight is 271 g/mol. The molecule has 20 heavy (non-hydrogen) atoms. The van der Waals surface area contributed by atoms with Crippen LogP contribution in [0.2, 0.25) is 0 Å². The van der Waals surface area contributed by atoms with Crippen LogP contribution in [0.1, 0.15) is 29.4 Å². The Labute approximate surface area is 117 Å². The van der Waals surface area contributed by atoms with Crippen molar-refractivity contribution < 1.29 is 9.53 Å². The van der Waals surface area contributed by atoms with Gasteiger partial charge in [0.1, 0.15) is 11.4 Å². The molecule has 0 saturated heterocycles. The first-order valence-corrected chi connectivity index (χ1v) is 6.61. The first-order chi connectivity index (χ1) is 9.69. The number of amides is 1. The van der Waals surface area contributed by atoms with E-state index in [1.54, 1.807) is 13.2 Å². The summed E-state index contributed by atoms with van der Waals surface area (Å²) in [6.07, 6.45) is 4.03. The Bertz CT molecular complexity index is 644. The van der Waals surface area contributed by atoms with Crippen LogP contribution in [-0.2, 0) is 0 Å². The molecule has 0 bridgehead atoms. The van der Waals surface area contributed by atoms with Crippen molar-refractivity contribution in [3.8, 4) is 5.75 Å². The highest BCUT2D eigenvalue weighted by Gasteiger charge is 2.27. The van der Waals surface area contributed by atoms with Gasteiger partial charge in [0.15, 0.2) is 0 Å². The van der Waals surface area contributed by atoms with E-state index in [1.165, 1.54) is 0 Å². The minimum absolute atomic E-state index is 0.168. The molecule has 0 aliphatic heterocycles. The highest BCUT2D eigenvalue weighted by molar-refractivity contribution is 6.04. The number of benzene rings is 1. The molecule has 3 rings (SSSR count). The third kappa shape index (κ3) is 2.34. The zero-order chi connectivity index (χ0) is 14.1. The molecular weight excluding hydrogens is 254 g/mol. The van der Waals surface area contributed by atoms with E-state index < -0.39 is 0 Å². The quantitative estimate of drug-likeness (QED) is 0.898. The maximum Gasteiger partial charge on any atom is 0.272 e. The van der Waals surface area contributed by atoms with E-state index in [0.29, 0.717) is 28.9 Å². The third-order valence-corrected chi connectivity index (χ3v) is 3.40. The van der Waals surface area contributed by atoms with Crippen molar-refractivity contribution in [2.24, 2.45) is 0 Å². The van der Waals surface area contributed by atoms with Gasteiger partial charge in [-0.15, -0.1) is 0 Å². The van der Waals surface area contributed by atoms with Crippen LogP contribution >= 0.6 is 0 Å². The number of nitrogens with one attached hydrogen (secondary N) is 1. The summed E-state index contributed by atoms with van der Waals surface area (Å²) in [5.41, 5.74) is 7.67. The number of hydrogen-bond acceptors (Lipinski definition) is 3. The Morgan fingerprint density at radius 2 is 2.15 bits per heavy atom. The minimum Gasteiger partial charge on any atom is -0.495 e. The third-order valence-electron chi connectivity index (χ3n) is 3.40. The van der Waals surface area contributed by atoms with Crippen molar-refractivity contribution in [1.29, 1.82) is 0 Å². The molecule has 0 atom stereocenters. The van der Waals surface area contributed by atoms with Crippen molar-refractivity contribution >= 4 is 17.3 Å². The molecule has 5 heteroatoms. The Balaban J connectivity index is 1.86. The van der Waals surface area contributed by atoms with Gasteiger partial charge >= 0.3 is 0 Å². The van der Waals surface area contributed by atoms with E-state index >= 15 is 0 Å². The van der Waals surface area contributed by atoms with Crippen molar-refractivity contribution in [3.63, 3.8) is 0 Å². The first kappa shape index (κ1) is 12.6. The van der Waals surface area contributed by atoms with Crippen LogP contribution in [0.25, 0.3) is 0 Å². The maximum atomic E-state index is 12.4. The topological polar surface area (TPSA) is 69.3 Å². The Morgan fingerprint density at radius 3 is 2.85 bits per heavy atom. The Kier molecular flexibility index (Phi) is 3.10. The summed E-state index contributed by atoms with van der Waals surface area (Å²) in [5, 5.41) is 2.87. The molecule has 1 aromatic carbocycles. The predicted octanol–water partition coefficient (Wildman–Crippen LogP) is 2.67. The smallest absolute Gasteiger partial charge is 0.272 e. The highest BCUT2D eigenvalue weighted by Crippen LogP contribution is 2.37. The van der Waals surface area contributed by atoms with Crippen LogP contribution in [-0.4, -0.2) is 17.6 Å². The first-order valence-electron chi connectivity index (χ1n) is 6.61. The molecule has 1 fully saturated rings. The number of nitrogens with two attached hydrogens (primary N) is 1. The lowest BCUT2D eigenvalue weighted by Crippen LogP contribution is -2.16. The van der Waals surface area contributed by atoms with Gasteiger partial charge in [0, 0.05) is 12.2 Å². The van der Waals surface area contributed by atoms with Crippen molar-refractivity contribution in [2.75, 3.05) is 18.2 Å². The lowest BCUT2D eigenvalue weighted by Gasteiger charge is -2.11. The Hall–Kier alpha value is -2.43. The monoisotopic (exact) mass is 271 g/mol. The summed E-state index contributed by atoms with van der Waals surface area (Å²) in [5.74, 6) is 0.469. The predicted molar refractivity (Wildman–Crippen MR) is 78.1 cm³/mol. The number of para-hydroxylation sites is 2. The molecule has 1 aliphatic rings. The second kappa shape index (κ2) is 4.92. The van der Waals surface area contributed by atoms with Gasteiger partial charge in [-0.1, -0.05) is 12.1 Å². The molecule has 5 nitrogen and oxygen atoms in total. The lowest BCUT2D eigenvalue weighted by atomic mass is 10.2. The number of carbonyl (C=O) groups excluding carboxylic acids is 1. The SMILES string of the molecule is COc1ccccc1NC(=O)c1cc(N)cn1C1CC1. The second-order valence-electron chi connectivity index (χ2n) is 4.95. The molecule has 0 unspecified atom stereocenters. The zero-order valence-electron chi connectivity index (χ0n) is 11.3. The van der Waals surface area contributed by atoms with Gasteiger partial charge in [0.25, 0.3) is 5.91 Å². The van der Waals surface area contributed by atoms with Crippen LogP contribution in [0.5, 0.6) is 5.75 Å². The largest absolute Gasteiger partial charge is 0.495 e. The molecule has 3 N–H and O–H groups in total. The average Bonchev–Trinajstić information content (AvgIpc) is 3.22. The van der Waals surface area contributed by atoms with Crippen molar-refractivity contribution in [3.05, 3.63) is 42.2 Å². The fourth-order valence-electron chi connectivity index (χ4n) is 2.27. The van der Waals surface area contributed by atoms with Gasteiger partial charge in [-0.05, 0) is 31.0 Å². The molecule has 1 amide bonds. The van der Waals surface area contributed by atoms with E-state index in [2.05, 4.69) is 5.32 Å². The summed E-state index contributed by atoms with van der Waals surface area (Å²) < 4.78 is 7.19. The second-order valence-corrected chi connectivity index (χ2v) is 4.95. The number of methoxy groups -OCH3 is 1. The van der Waals surface area contributed by atoms with E-state index in [-0.39, 0.29) is 5.91 Å². The van der Waals surface area contributed by atoms with Crippen LogP contribution in [0.15, 0.2) is 36.5 Å². The number of aromatic nitrogens is 1. The number of nitrogen functional groups attached to an aromatic ring is 1. The Morgan fingerprint density at radius 1 is 1.40 bits per heavy atom. The number of ether oxygens (including phenoxy) is 1. The van der Waals surface area contributed by atoms with Crippen molar-refractivity contribution in [1.82, 2.24) is 4.57 Å². The number of anilines is 2. The van der Waals surface area contributed by atoms with E-state index in [9.17, 15) is 4.79 Å². The maximum absolute atomic E-state index is 12.4. The van der Waals surface area contributed by atoms with Crippen LogP contribution in [0.4, 0.5) is 11.4 Å². The van der Waals surface area contributed by atoms with Gasteiger partial charge < -0.3 is 20.4 Å². The van der Waals surface area contributed by atoms with Crippen LogP contribution in [0, 0.1) is 0 Å². The van der Waals surface area contributed by atoms with Gasteiger partial charge in [0.05, 0.1) is 18.5 Å². The van der Waals surface area contributed by atoms with Gasteiger partial charge in [-0.2, -0.15) is 0 Å². The number of nitrogens with zero attached hydrogens (tertiary/aromatic N) is 1. The molecule has 0 radical (unpaired) electrons. The fraction of sp³-hybridized carbons (Fsp3) is 0.267. The number of rotatable bonds is 4. The fourth-order valence-corrected chi connectivity index (χ4v) is 2.27. The summed E-state index contributed by atoms with van der Waals surface area (Å²) >= 11 is 0. The lowest BCUT2D eigenvalue weighted by molar-refractivity contribution is 0.101. The highest BCUT2D eigenvalue weighted by atomic mass is 16.5. The molecule has 104 valence electrons. The van der Waals surface area contributed by atoms with E-state index in [1.807, 2.05) is 35.0 Å². The molecule has 0 spiro atoms. The standard InChI is InChI=1S/C15H17N3O2/c1-20-14-5-3-2-4-12(14)17-15(19)13-8-10(16)9-18(13)11-6-7-11/h2-5,8-9,11H,6-7,16H2,1H3,(H,17,19). The minimum atomic E-state index is -0.168. The van der Waals surface area contributed by atoms with Gasteiger partial charge in [-0.3, -0.25) is 4.79 Å². The molecular formula is C15H17N3O2. The van der Waals surface area contributed by atoms with Crippen molar-refractivity contribution in [2.45, 2.75) is 18.9 Å².